The Morgan fingerprint density at radius 1 is 1.11 bits per heavy atom. The topological polar surface area (TPSA) is 67.3 Å². The molecule has 5 heteroatoms. The predicted octanol–water partition coefficient (Wildman–Crippen LogP) is 2.97. The minimum absolute atomic E-state index is 0.0666. The van der Waals surface area contributed by atoms with Crippen molar-refractivity contribution in [1.29, 1.82) is 0 Å². The van der Waals surface area contributed by atoms with E-state index in [1.54, 1.807) is 30.6 Å². The van der Waals surface area contributed by atoms with Crippen LogP contribution in [-0.2, 0) is 10.1 Å². The van der Waals surface area contributed by atoms with E-state index in [-0.39, 0.29) is 4.90 Å². The van der Waals surface area contributed by atoms with E-state index in [2.05, 4.69) is 11.6 Å². The third-order valence-electron chi connectivity index (χ3n) is 2.26. The van der Waals surface area contributed by atoms with Crippen molar-refractivity contribution in [3.05, 3.63) is 66.5 Å². The monoisotopic (exact) mass is 277 g/mol. The summed E-state index contributed by atoms with van der Waals surface area (Å²) in [7, 11) is -4.02. The Morgan fingerprint density at radius 3 is 2.00 bits per heavy atom. The number of nitrogens with zero attached hydrogens (tertiary/aromatic N) is 1. The molecule has 0 bridgehead atoms. The fraction of sp³-hybridized carbons (Fsp3) is 0.0714. The third kappa shape index (κ3) is 5.46. The van der Waals surface area contributed by atoms with Crippen LogP contribution in [-0.4, -0.2) is 18.0 Å². The molecule has 1 aromatic carbocycles. The van der Waals surface area contributed by atoms with Gasteiger partial charge in [-0.15, -0.1) is 0 Å². The van der Waals surface area contributed by atoms with Gasteiger partial charge in [0.1, 0.15) is 0 Å². The molecule has 0 amide bonds. The van der Waals surface area contributed by atoms with Crippen molar-refractivity contribution >= 4 is 16.2 Å². The number of aryl methyl sites for hydroxylation is 1. The minimum atomic E-state index is -4.02. The van der Waals surface area contributed by atoms with Crippen LogP contribution in [0.25, 0.3) is 6.08 Å². The van der Waals surface area contributed by atoms with Gasteiger partial charge in [-0.25, -0.2) is 0 Å². The molecule has 0 saturated carbocycles. The molecule has 1 heterocycles. The molecule has 0 spiro atoms. The lowest BCUT2D eigenvalue weighted by atomic mass is 10.2. The molecular formula is C14H15NO3S. The summed E-state index contributed by atoms with van der Waals surface area (Å²) >= 11 is 0. The Labute approximate surface area is 113 Å². The largest absolute Gasteiger partial charge is 0.294 e. The van der Waals surface area contributed by atoms with Gasteiger partial charge in [-0.2, -0.15) is 8.42 Å². The van der Waals surface area contributed by atoms with E-state index >= 15 is 0 Å². The van der Waals surface area contributed by atoms with Gasteiger partial charge in [-0.3, -0.25) is 9.54 Å². The molecule has 0 aliphatic rings. The molecule has 100 valence electrons. The van der Waals surface area contributed by atoms with Crippen molar-refractivity contribution in [2.45, 2.75) is 11.8 Å². The van der Waals surface area contributed by atoms with E-state index in [1.165, 1.54) is 12.1 Å². The first-order chi connectivity index (χ1) is 8.93. The smallest absolute Gasteiger partial charge is 0.282 e. The second kappa shape index (κ2) is 6.82. The molecule has 0 atom stereocenters. The van der Waals surface area contributed by atoms with Crippen molar-refractivity contribution in [3.63, 3.8) is 0 Å². The maximum Gasteiger partial charge on any atom is 0.294 e. The molecule has 0 aliphatic carbocycles. The van der Waals surface area contributed by atoms with Crippen LogP contribution < -0.4 is 0 Å². The maximum absolute atomic E-state index is 10.5. The number of rotatable bonds is 2. The molecule has 0 aliphatic heterocycles. The third-order valence-corrected chi connectivity index (χ3v) is 3.13. The molecule has 2 aromatic rings. The van der Waals surface area contributed by atoms with E-state index < -0.39 is 10.1 Å². The number of hydrogen-bond donors (Lipinski definition) is 1. The summed E-state index contributed by atoms with van der Waals surface area (Å²) in [5, 5.41) is 0. The van der Waals surface area contributed by atoms with E-state index in [4.69, 9.17) is 4.55 Å². The first-order valence-electron chi connectivity index (χ1n) is 5.50. The van der Waals surface area contributed by atoms with Crippen LogP contribution in [0.15, 0.2) is 60.3 Å². The van der Waals surface area contributed by atoms with E-state index in [1.807, 2.05) is 19.1 Å². The van der Waals surface area contributed by atoms with Crippen molar-refractivity contribution in [2.75, 3.05) is 0 Å². The first-order valence-corrected chi connectivity index (χ1v) is 6.94. The van der Waals surface area contributed by atoms with Crippen molar-refractivity contribution < 1.29 is 13.0 Å². The van der Waals surface area contributed by atoms with Gasteiger partial charge in [0.05, 0.1) is 4.90 Å². The summed E-state index contributed by atoms with van der Waals surface area (Å²) in [6.07, 6.45) is 5.29. The van der Waals surface area contributed by atoms with Gasteiger partial charge in [0.15, 0.2) is 0 Å². The zero-order chi connectivity index (χ0) is 14.3. The van der Waals surface area contributed by atoms with Gasteiger partial charge in [0.25, 0.3) is 10.1 Å². The Bertz CT molecular complexity index is 620. The Morgan fingerprint density at radius 2 is 1.63 bits per heavy atom. The highest BCUT2D eigenvalue weighted by atomic mass is 32.2. The molecule has 4 nitrogen and oxygen atoms in total. The quantitative estimate of drug-likeness (QED) is 0.857. The van der Waals surface area contributed by atoms with Crippen molar-refractivity contribution in [3.8, 4) is 0 Å². The number of hydrogen-bond acceptors (Lipinski definition) is 3. The summed E-state index contributed by atoms with van der Waals surface area (Å²) in [5.41, 5.74) is 2.07. The zero-order valence-electron chi connectivity index (χ0n) is 10.5. The molecule has 2 rings (SSSR count). The standard InChI is InChI=1S/C7H7N.C7H8O3S/c1-2-7-3-5-8-6-4-7;1-6-2-4-7(5-3-6)11(8,9)10/h2-6H,1H2;2-5H,1H3,(H,8,9,10). The second-order valence-corrected chi connectivity index (χ2v) is 5.19. The Hall–Kier alpha value is -1.98. The Kier molecular flexibility index (Phi) is 5.41. The average Bonchev–Trinajstić information content (AvgIpc) is 2.40. The molecule has 0 saturated heterocycles. The molecule has 1 aromatic heterocycles. The predicted molar refractivity (Wildman–Crippen MR) is 75.3 cm³/mol. The summed E-state index contributed by atoms with van der Waals surface area (Å²) < 4.78 is 29.6. The van der Waals surface area contributed by atoms with Crippen LogP contribution in [0, 0.1) is 6.92 Å². The van der Waals surface area contributed by atoms with Gasteiger partial charge >= 0.3 is 0 Å². The SMILES string of the molecule is C=Cc1ccncc1.Cc1ccc(S(=O)(=O)O)cc1. The van der Waals surface area contributed by atoms with Crippen LogP contribution in [0.5, 0.6) is 0 Å². The first kappa shape index (κ1) is 15.1. The lowest BCUT2D eigenvalue weighted by molar-refractivity contribution is 0.483. The maximum atomic E-state index is 10.5. The van der Waals surface area contributed by atoms with Crippen LogP contribution >= 0.6 is 0 Å². The normalized spacial score (nSPS) is 10.2. The molecule has 19 heavy (non-hydrogen) atoms. The number of pyridine rings is 1. The summed E-state index contributed by atoms with van der Waals surface area (Å²) in [4.78, 5) is 3.78. The van der Waals surface area contributed by atoms with Crippen LogP contribution in [0.1, 0.15) is 11.1 Å². The molecular weight excluding hydrogens is 262 g/mol. The molecule has 1 N–H and O–H groups in total. The van der Waals surface area contributed by atoms with Gasteiger partial charge in [-0.05, 0) is 36.8 Å². The van der Waals surface area contributed by atoms with Gasteiger partial charge in [0, 0.05) is 12.4 Å². The lowest BCUT2D eigenvalue weighted by Crippen LogP contribution is -1.96. The highest BCUT2D eigenvalue weighted by Crippen LogP contribution is 2.08. The lowest BCUT2D eigenvalue weighted by Gasteiger charge is -1.95. The van der Waals surface area contributed by atoms with Gasteiger partial charge in [0.2, 0.25) is 0 Å². The van der Waals surface area contributed by atoms with Crippen LogP contribution in [0.3, 0.4) is 0 Å². The van der Waals surface area contributed by atoms with E-state index in [9.17, 15) is 8.42 Å². The minimum Gasteiger partial charge on any atom is -0.282 e. The van der Waals surface area contributed by atoms with Gasteiger partial charge < -0.3 is 0 Å². The van der Waals surface area contributed by atoms with Crippen LogP contribution in [0.2, 0.25) is 0 Å². The molecule has 0 fully saturated rings. The van der Waals surface area contributed by atoms with Crippen molar-refractivity contribution in [2.24, 2.45) is 0 Å². The van der Waals surface area contributed by atoms with Crippen LogP contribution in [0.4, 0.5) is 0 Å². The van der Waals surface area contributed by atoms with Crippen molar-refractivity contribution in [1.82, 2.24) is 4.98 Å². The number of benzene rings is 1. The fourth-order valence-corrected chi connectivity index (χ4v) is 1.69. The average molecular weight is 277 g/mol. The fourth-order valence-electron chi connectivity index (χ4n) is 1.21. The second-order valence-electron chi connectivity index (χ2n) is 3.77. The summed E-state index contributed by atoms with van der Waals surface area (Å²) in [6.45, 7) is 5.44. The van der Waals surface area contributed by atoms with Gasteiger partial charge in [-0.1, -0.05) is 30.4 Å². The highest BCUT2D eigenvalue weighted by Gasteiger charge is 2.06. The van der Waals surface area contributed by atoms with E-state index in [0.717, 1.165) is 11.1 Å². The Balaban J connectivity index is 0.000000200. The number of aromatic nitrogens is 1. The summed E-state index contributed by atoms with van der Waals surface area (Å²) in [5.74, 6) is 0. The van der Waals surface area contributed by atoms with E-state index in [0.29, 0.717) is 0 Å². The molecule has 0 radical (unpaired) electrons. The zero-order valence-corrected chi connectivity index (χ0v) is 11.3. The highest BCUT2D eigenvalue weighted by molar-refractivity contribution is 7.85. The molecule has 0 unspecified atom stereocenters. The summed E-state index contributed by atoms with van der Waals surface area (Å²) in [6, 6.07) is 9.81.